The first-order chi connectivity index (χ1) is 9.34. The maximum absolute atomic E-state index is 5.44. The molecule has 0 unspecified atom stereocenters. The maximum atomic E-state index is 5.44. The summed E-state index contributed by atoms with van der Waals surface area (Å²) >= 11 is 0. The van der Waals surface area contributed by atoms with E-state index in [1.54, 1.807) is 0 Å². The lowest BCUT2D eigenvalue weighted by molar-refractivity contribution is 0.122. The quantitative estimate of drug-likeness (QED) is 0.809. The molecule has 0 saturated carbocycles. The molecule has 2 heterocycles. The van der Waals surface area contributed by atoms with E-state index in [1.165, 1.54) is 16.9 Å². The van der Waals surface area contributed by atoms with E-state index in [0.29, 0.717) is 0 Å². The molecule has 0 amide bonds. The Bertz CT molecular complexity index is 424. The molecule has 19 heavy (non-hydrogen) atoms. The highest BCUT2D eigenvalue weighted by Crippen LogP contribution is 2.27. The number of benzene rings is 1. The molecular formula is C15H22N2O2. The molecule has 2 aliphatic rings. The Balaban J connectivity index is 1.82. The number of hydrogen-bond acceptors (Lipinski definition) is 4. The molecular weight excluding hydrogens is 240 g/mol. The number of rotatable bonds is 2. The van der Waals surface area contributed by atoms with Gasteiger partial charge in [-0.1, -0.05) is 6.07 Å². The van der Waals surface area contributed by atoms with Crippen molar-refractivity contribution < 1.29 is 9.47 Å². The summed E-state index contributed by atoms with van der Waals surface area (Å²) in [4.78, 5) is 4.84. The molecule has 4 heteroatoms. The van der Waals surface area contributed by atoms with E-state index in [0.717, 1.165) is 52.6 Å². The molecule has 1 aromatic rings. The molecule has 0 aliphatic carbocycles. The van der Waals surface area contributed by atoms with Gasteiger partial charge >= 0.3 is 0 Å². The number of morpholine rings is 2. The Morgan fingerprint density at radius 2 is 1.42 bits per heavy atom. The lowest BCUT2D eigenvalue weighted by Crippen LogP contribution is -2.38. The predicted octanol–water partition coefficient (Wildman–Crippen LogP) is 1.67. The van der Waals surface area contributed by atoms with Crippen LogP contribution >= 0.6 is 0 Å². The summed E-state index contributed by atoms with van der Waals surface area (Å²) in [5.74, 6) is 0. The van der Waals surface area contributed by atoms with Crippen molar-refractivity contribution in [1.82, 2.24) is 0 Å². The molecule has 0 N–H and O–H groups in total. The SMILES string of the molecule is Cc1ccc(N2CCOCC2)cc1N1CCOCC1. The highest BCUT2D eigenvalue weighted by molar-refractivity contribution is 5.63. The Labute approximate surface area is 114 Å². The number of anilines is 2. The van der Waals surface area contributed by atoms with Crippen molar-refractivity contribution in [2.45, 2.75) is 6.92 Å². The number of ether oxygens (including phenoxy) is 2. The standard InChI is InChI=1S/C15H22N2O2/c1-13-2-3-14(16-4-8-18-9-5-16)12-15(13)17-6-10-19-11-7-17/h2-3,12H,4-11H2,1H3. The van der Waals surface area contributed by atoms with Gasteiger partial charge in [0, 0.05) is 37.6 Å². The molecule has 0 atom stereocenters. The fourth-order valence-electron chi connectivity index (χ4n) is 2.76. The van der Waals surface area contributed by atoms with E-state index >= 15 is 0 Å². The van der Waals surface area contributed by atoms with Gasteiger partial charge in [-0.3, -0.25) is 0 Å². The summed E-state index contributed by atoms with van der Waals surface area (Å²) in [5, 5.41) is 0. The molecule has 2 aliphatic heterocycles. The van der Waals surface area contributed by atoms with Gasteiger partial charge in [-0.15, -0.1) is 0 Å². The average molecular weight is 262 g/mol. The number of aryl methyl sites for hydroxylation is 1. The van der Waals surface area contributed by atoms with Gasteiger partial charge in [-0.25, -0.2) is 0 Å². The summed E-state index contributed by atoms with van der Waals surface area (Å²) in [6, 6.07) is 6.78. The summed E-state index contributed by atoms with van der Waals surface area (Å²) in [6.45, 7) is 9.50. The third kappa shape index (κ3) is 2.85. The molecule has 0 aromatic heterocycles. The Morgan fingerprint density at radius 3 is 2.05 bits per heavy atom. The molecule has 0 radical (unpaired) electrons. The Morgan fingerprint density at radius 1 is 0.842 bits per heavy atom. The fraction of sp³-hybridized carbons (Fsp3) is 0.600. The van der Waals surface area contributed by atoms with Crippen LogP contribution in [-0.4, -0.2) is 52.6 Å². The summed E-state index contributed by atoms with van der Waals surface area (Å²) in [7, 11) is 0. The van der Waals surface area contributed by atoms with Gasteiger partial charge in [0.1, 0.15) is 0 Å². The average Bonchev–Trinajstić information content (AvgIpc) is 2.49. The van der Waals surface area contributed by atoms with E-state index in [4.69, 9.17) is 9.47 Å². The molecule has 2 fully saturated rings. The van der Waals surface area contributed by atoms with Crippen molar-refractivity contribution in [3.63, 3.8) is 0 Å². The zero-order valence-electron chi connectivity index (χ0n) is 11.6. The first kappa shape index (κ1) is 12.8. The van der Waals surface area contributed by atoms with Crippen molar-refractivity contribution in [3.05, 3.63) is 23.8 Å². The second-order valence-electron chi connectivity index (χ2n) is 5.17. The van der Waals surface area contributed by atoms with Crippen molar-refractivity contribution in [2.75, 3.05) is 62.4 Å². The first-order valence-corrected chi connectivity index (χ1v) is 7.10. The van der Waals surface area contributed by atoms with Crippen LogP contribution in [0, 0.1) is 6.92 Å². The molecule has 4 nitrogen and oxygen atoms in total. The van der Waals surface area contributed by atoms with Crippen LogP contribution in [0.2, 0.25) is 0 Å². The zero-order chi connectivity index (χ0) is 13.1. The van der Waals surface area contributed by atoms with Crippen LogP contribution in [0.1, 0.15) is 5.56 Å². The van der Waals surface area contributed by atoms with Crippen LogP contribution in [0.15, 0.2) is 18.2 Å². The predicted molar refractivity (Wildman–Crippen MR) is 77.2 cm³/mol. The second-order valence-corrected chi connectivity index (χ2v) is 5.17. The van der Waals surface area contributed by atoms with E-state index in [2.05, 4.69) is 34.9 Å². The van der Waals surface area contributed by atoms with Gasteiger partial charge in [0.2, 0.25) is 0 Å². The van der Waals surface area contributed by atoms with Gasteiger partial charge < -0.3 is 19.3 Å². The highest BCUT2D eigenvalue weighted by atomic mass is 16.5. The molecule has 0 bridgehead atoms. The van der Waals surface area contributed by atoms with Crippen molar-refractivity contribution >= 4 is 11.4 Å². The minimum atomic E-state index is 0.834. The molecule has 3 rings (SSSR count). The zero-order valence-corrected chi connectivity index (χ0v) is 11.6. The highest BCUT2D eigenvalue weighted by Gasteiger charge is 2.16. The fourth-order valence-corrected chi connectivity index (χ4v) is 2.76. The topological polar surface area (TPSA) is 24.9 Å². The van der Waals surface area contributed by atoms with Crippen LogP contribution in [0.25, 0.3) is 0 Å². The maximum Gasteiger partial charge on any atom is 0.0642 e. The monoisotopic (exact) mass is 262 g/mol. The summed E-state index contributed by atoms with van der Waals surface area (Å²) < 4.78 is 10.9. The van der Waals surface area contributed by atoms with E-state index < -0.39 is 0 Å². The van der Waals surface area contributed by atoms with Gasteiger partial charge in [0.25, 0.3) is 0 Å². The Hall–Kier alpha value is -1.26. The third-order valence-electron chi connectivity index (χ3n) is 3.92. The van der Waals surface area contributed by atoms with Gasteiger partial charge in [-0.05, 0) is 24.6 Å². The molecule has 1 aromatic carbocycles. The van der Waals surface area contributed by atoms with Crippen molar-refractivity contribution in [1.29, 1.82) is 0 Å². The first-order valence-electron chi connectivity index (χ1n) is 7.10. The van der Waals surface area contributed by atoms with Crippen LogP contribution < -0.4 is 9.80 Å². The van der Waals surface area contributed by atoms with Gasteiger partial charge in [0.05, 0.1) is 26.4 Å². The second kappa shape index (κ2) is 5.80. The number of nitrogens with zero attached hydrogens (tertiary/aromatic N) is 2. The van der Waals surface area contributed by atoms with Crippen LogP contribution in [0.4, 0.5) is 11.4 Å². The van der Waals surface area contributed by atoms with Crippen LogP contribution in [0.5, 0.6) is 0 Å². The molecule has 104 valence electrons. The van der Waals surface area contributed by atoms with E-state index in [1.807, 2.05) is 0 Å². The van der Waals surface area contributed by atoms with Gasteiger partial charge in [0.15, 0.2) is 0 Å². The minimum absolute atomic E-state index is 0.834. The smallest absolute Gasteiger partial charge is 0.0642 e. The molecule has 2 saturated heterocycles. The summed E-state index contributed by atoms with van der Waals surface area (Å²) in [5.41, 5.74) is 4.02. The van der Waals surface area contributed by atoms with Gasteiger partial charge in [-0.2, -0.15) is 0 Å². The lowest BCUT2D eigenvalue weighted by Gasteiger charge is -2.33. The summed E-state index contributed by atoms with van der Waals surface area (Å²) in [6.07, 6.45) is 0. The third-order valence-corrected chi connectivity index (χ3v) is 3.92. The van der Waals surface area contributed by atoms with Crippen LogP contribution in [0.3, 0.4) is 0 Å². The normalized spacial score (nSPS) is 20.7. The van der Waals surface area contributed by atoms with Crippen molar-refractivity contribution in [2.24, 2.45) is 0 Å². The number of hydrogen-bond donors (Lipinski definition) is 0. The van der Waals surface area contributed by atoms with Crippen LogP contribution in [-0.2, 0) is 9.47 Å². The Kier molecular flexibility index (Phi) is 3.89. The van der Waals surface area contributed by atoms with E-state index in [9.17, 15) is 0 Å². The van der Waals surface area contributed by atoms with E-state index in [-0.39, 0.29) is 0 Å². The minimum Gasteiger partial charge on any atom is -0.378 e. The lowest BCUT2D eigenvalue weighted by atomic mass is 10.1. The van der Waals surface area contributed by atoms with Crippen molar-refractivity contribution in [3.8, 4) is 0 Å². The largest absolute Gasteiger partial charge is 0.378 e. The molecule has 0 spiro atoms.